The van der Waals surface area contributed by atoms with Gasteiger partial charge in [0.1, 0.15) is 5.82 Å². The Kier molecular flexibility index (Phi) is 5.82. The Labute approximate surface area is 167 Å². The van der Waals surface area contributed by atoms with Gasteiger partial charge in [-0.1, -0.05) is 31.2 Å². The van der Waals surface area contributed by atoms with Crippen LogP contribution in [0.1, 0.15) is 40.3 Å². The summed E-state index contributed by atoms with van der Waals surface area (Å²) in [6, 6.07) is 9.02. The van der Waals surface area contributed by atoms with E-state index in [4.69, 9.17) is 0 Å². The number of rotatable bonds is 3. The van der Waals surface area contributed by atoms with Crippen molar-refractivity contribution in [1.29, 1.82) is 0 Å². The predicted molar refractivity (Wildman–Crippen MR) is 108 cm³/mol. The first-order chi connectivity index (χ1) is 12.6. The molecule has 3 heterocycles. The van der Waals surface area contributed by atoms with Gasteiger partial charge >= 0.3 is 0 Å². The van der Waals surface area contributed by atoms with Gasteiger partial charge < -0.3 is 4.90 Å². The van der Waals surface area contributed by atoms with Crippen LogP contribution in [0.2, 0.25) is 0 Å². The van der Waals surface area contributed by atoms with Gasteiger partial charge in [-0.25, -0.2) is 9.97 Å². The van der Waals surface area contributed by atoms with E-state index in [1.165, 1.54) is 11.1 Å². The summed E-state index contributed by atoms with van der Waals surface area (Å²) >= 11 is 0. The fourth-order valence-corrected chi connectivity index (χ4v) is 4.64. The average Bonchev–Trinajstić information content (AvgIpc) is 3.19. The van der Waals surface area contributed by atoms with E-state index in [2.05, 4.69) is 53.1 Å². The average molecular weight is 387 g/mol. The molecule has 6 heteroatoms. The van der Waals surface area contributed by atoms with Crippen molar-refractivity contribution < 1.29 is 4.79 Å². The Bertz CT molecular complexity index is 810. The lowest BCUT2D eigenvalue weighted by molar-refractivity contribution is 0.0767. The molecule has 2 aliphatic heterocycles. The highest BCUT2D eigenvalue weighted by atomic mass is 35.5. The van der Waals surface area contributed by atoms with Crippen LogP contribution in [-0.2, 0) is 6.42 Å². The first-order valence-electron chi connectivity index (χ1n) is 9.44. The van der Waals surface area contributed by atoms with Crippen LogP contribution >= 0.6 is 12.4 Å². The molecule has 3 atom stereocenters. The maximum Gasteiger partial charge on any atom is 0.257 e. The van der Waals surface area contributed by atoms with Crippen LogP contribution < -0.4 is 0 Å². The zero-order chi connectivity index (χ0) is 18.3. The fourth-order valence-electron chi connectivity index (χ4n) is 4.64. The Morgan fingerprint density at radius 3 is 2.52 bits per heavy atom. The van der Waals surface area contributed by atoms with Crippen LogP contribution in [0.5, 0.6) is 0 Å². The molecule has 0 N–H and O–H groups in total. The van der Waals surface area contributed by atoms with Gasteiger partial charge in [-0.15, -0.1) is 12.4 Å². The molecule has 5 nitrogen and oxygen atoms in total. The molecule has 1 aromatic heterocycles. The Balaban J connectivity index is 0.00000210. The molecule has 1 aromatic carbocycles. The Morgan fingerprint density at radius 1 is 1.15 bits per heavy atom. The Morgan fingerprint density at radius 2 is 1.85 bits per heavy atom. The van der Waals surface area contributed by atoms with Gasteiger partial charge in [-0.2, -0.15) is 0 Å². The maximum atomic E-state index is 12.9. The zero-order valence-corrected chi connectivity index (χ0v) is 16.9. The monoisotopic (exact) mass is 386 g/mol. The van der Waals surface area contributed by atoms with Crippen molar-refractivity contribution in [2.45, 2.75) is 26.3 Å². The molecule has 0 radical (unpaired) electrons. The number of hydrogen-bond donors (Lipinski definition) is 0. The van der Waals surface area contributed by atoms with E-state index in [-0.39, 0.29) is 18.3 Å². The standard InChI is InChI=1S/C21H26N4O.ClH/c1-4-19-22-9-15(10-23-19)21(26)25-12-16-11-24(3)20(18(16)13-25)17-8-6-5-7-14(17)2;/h5-10,16,18,20H,4,11-13H2,1-3H3;1H/t16-,18+,20+;/m0./s1. The second kappa shape index (κ2) is 7.95. The normalized spacial score (nSPS) is 24.6. The van der Waals surface area contributed by atoms with Gasteiger partial charge in [0.2, 0.25) is 0 Å². The predicted octanol–water partition coefficient (Wildman–Crippen LogP) is 3.14. The highest BCUT2D eigenvalue weighted by molar-refractivity contribution is 5.93. The number of nitrogens with zero attached hydrogens (tertiary/aromatic N) is 4. The third kappa shape index (κ3) is 3.58. The number of carbonyl (C=O) groups is 1. The topological polar surface area (TPSA) is 49.3 Å². The van der Waals surface area contributed by atoms with Gasteiger partial charge in [0.05, 0.1) is 5.56 Å². The molecule has 4 rings (SSSR count). The number of hydrogen-bond acceptors (Lipinski definition) is 4. The molecular weight excluding hydrogens is 360 g/mol. The molecule has 2 aliphatic rings. The molecule has 27 heavy (non-hydrogen) atoms. The number of benzene rings is 1. The summed E-state index contributed by atoms with van der Waals surface area (Å²) in [6.07, 6.45) is 4.13. The van der Waals surface area contributed by atoms with Gasteiger partial charge in [0, 0.05) is 50.4 Å². The molecule has 1 amide bonds. The van der Waals surface area contributed by atoms with Crippen molar-refractivity contribution in [1.82, 2.24) is 19.8 Å². The third-order valence-electron chi connectivity index (χ3n) is 5.96. The summed E-state index contributed by atoms with van der Waals surface area (Å²) in [7, 11) is 2.21. The minimum Gasteiger partial charge on any atom is -0.338 e. The van der Waals surface area contributed by atoms with Crippen LogP contribution in [0.15, 0.2) is 36.7 Å². The van der Waals surface area contributed by atoms with Gasteiger partial charge in [-0.3, -0.25) is 9.69 Å². The van der Waals surface area contributed by atoms with E-state index >= 15 is 0 Å². The number of halogens is 1. The first kappa shape index (κ1) is 19.8. The van der Waals surface area contributed by atoms with E-state index in [1.807, 2.05) is 11.8 Å². The molecule has 2 saturated heterocycles. The lowest BCUT2D eigenvalue weighted by atomic mass is 9.88. The third-order valence-corrected chi connectivity index (χ3v) is 5.96. The molecule has 0 unspecified atom stereocenters. The largest absolute Gasteiger partial charge is 0.338 e. The van der Waals surface area contributed by atoms with Crippen molar-refractivity contribution in [3.05, 3.63) is 59.2 Å². The fraction of sp³-hybridized carbons (Fsp3) is 0.476. The molecule has 0 aliphatic carbocycles. The van der Waals surface area contributed by atoms with E-state index in [1.54, 1.807) is 12.4 Å². The summed E-state index contributed by atoms with van der Waals surface area (Å²) in [5.41, 5.74) is 3.33. The molecule has 0 spiro atoms. The second-order valence-electron chi connectivity index (χ2n) is 7.62. The number of likely N-dealkylation sites (tertiary alicyclic amines) is 2. The Hall–Kier alpha value is -1.98. The number of aryl methyl sites for hydroxylation is 2. The molecular formula is C21H27ClN4O. The van der Waals surface area contributed by atoms with E-state index in [0.717, 1.165) is 31.9 Å². The summed E-state index contributed by atoms with van der Waals surface area (Å²) in [4.78, 5) is 25.9. The quantitative estimate of drug-likeness (QED) is 0.813. The summed E-state index contributed by atoms with van der Waals surface area (Å²) in [5.74, 6) is 1.86. The molecule has 0 bridgehead atoms. The summed E-state index contributed by atoms with van der Waals surface area (Å²) < 4.78 is 0. The van der Waals surface area contributed by atoms with Crippen molar-refractivity contribution in [2.24, 2.45) is 11.8 Å². The highest BCUT2D eigenvalue weighted by Crippen LogP contribution is 2.45. The zero-order valence-electron chi connectivity index (χ0n) is 16.1. The molecule has 2 fully saturated rings. The first-order valence-corrected chi connectivity index (χ1v) is 9.44. The number of aromatic nitrogens is 2. The summed E-state index contributed by atoms with van der Waals surface area (Å²) in [6.45, 7) is 6.87. The lowest BCUT2D eigenvalue weighted by Gasteiger charge is -2.28. The number of carbonyl (C=O) groups excluding carboxylic acids is 1. The number of fused-ring (bicyclic) bond motifs is 1. The van der Waals surface area contributed by atoms with Crippen LogP contribution in [-0.4, -0.2) is 52.4 Å². The van der Waals surface area contributed by atoms with E-state index < -0.39 is 0 Å². The molecule has 0 saturated carbocycles. The minimum atomic E-state index is 0. The lowest BCUT2D eigenvalue weighted by Crippen LogP contribution is -2.33. The van der Waals surface area contributed by atoms with Crippen molar-refractivity contribution in [3.8, 4) is 0 Å². The van der Waals surface area contributed by atoms with Gasteiger partial charge in [0.15, 0.2) is 0 Å². The van der Waals surface area contributed by atoms with Gasteiger partial charge in [-0.05, 0) is 31.0 Å². The van der Waals surface area contributed by atoms with Crippen LogP contribution in [0, 0.1) is 18.8 Å². The minimum absolute atomic E-state index is 0. The SMILES string of the molecule is CCc1ncc(C(=O)N2C[C@@H]3CN(C)[C@H](c4ccccc4C)[C@@H]3C2)cn1.Cl. The highest BCUT2D eigenvalue weighted by Gasteiger charge is 2.47. The molecule has 144 valence electrons. The molecule has 2 aromatic rings. The number of amides is 1. The van der Waals surface area contributed by atoms with Crippen LogP contribution in [0.25, 0.3) is 0 Å². The maximum absolute atomic E-state index is 12.9. The summed E-state index contributed by atoms with van der Waals surface area (Å²) in [5, 5.41) is 0. The van der Waals surface area contributed by atoms with Crippen molar-refractivity contribution in [3.63, 3.8) is 0 Å². The van der Waals surface area contributed by atoms with Crippen LogP contribution in [0.3, 0.4) is 0 Å². The smallest absolute Gasteiger partial charge is 0.257 e. The van der Waals surface area contributed by atoms with Crippen molar-refractivity contribution >= 4 is 18.3 Å². The van der Waals surface area contributed by atoms with Crippen LogP contribution in [0.4, 0.5) is 0 Å². The van der Waals surface area contributed by atoms with Crippen molar-refractivity contribution in [2.75, 3.05) is 26.7 Å². The van der Waals surface area contributed by atoms with E-state index in [9.17, 15) is 4.79 Å². The second-order valence-corrected chi connectivity index (χ2v) is 7.62. The van der Waals surface area contributed by atoms with Gasteiger partial charge in [0.25, 0.3) is 5.91 Å². The van der Waals surface area contributed by atoms with E-state index in [0.29, 0.717) is 23.4 Å².